The maximum absolute atomic E-state index is 4.47. The molecule has 0 spiro atoms. The molecular weight excluding hydrogens is 408 g/mol. The first kappa shape index (κ1) is 13.7. The Morgan fingerprint density at radius 3 is 1.14 bits per heavy atom. The van der Waals surface area contributed by atoms with Crippen molar-refractivity contribution in [2.24, 2.45) is 20.0 Å². The number of halogens is 2. The number of aliphatic imine (C=N–C) groups is 4. The molecule has 0 aliphatic carbocycles. The zero-order valence-corrected chi connectivity index (χ0v) is 14.3. The second-order valence-corrected chi connectivity index (χ2v) is 6.59. The average molecular weight is 416 g/mol. The highest BCUT2D eigenvalue weighted by Crippen LogP contribution is 2.19. The Balaban J connectivity index is 1.64. The van der Waals surface area contributed by atoms with Gasteiger partial charge in [0.1, 0.15) is 0 Å². The van der Waals surface area contributed by atoms with E-state index in [9.17, 15) is 0 Å². The van der Waals surface area contributed by atoms with Gasteiger partial charge in [0, 0.05) is 20.1 Å². The minimum atomic E-state index is 0.579. The number of rotatable bonds is 2. The number of hydrogen-bond donors (Lipinski definition) is 0. The molecule has 2 heterocycles. The van der Waals surface area contributed by atoms with E-state index in [0.717, 1.165) is 20.1 Å². The first-order valence-corrected chi connectivity index (χ1v) is 8.15. The summed E-state index contributed by atoms with van der Waals surface area (Å²) in [6.45, 7) is 0. The van der Waals surface area contributed by atoms with E-state index >= 15 is 0 Å². The van der Waals surface area contributed by atoms with E-state index in [1.165, 1.54) is 0 Å². The zero-order chi connectivity index (χ0) is 15.1. The molecule has 0 bridgehead atoms. The smallest absolute Gasteiger partial charge is 0.202 e. The summed E-state index contributed by atoms with van der Waals surface area (Å²) in [5, 5.41) is 0. The summed E-state index contributed by atoms with van der Waals surface area (Å²) in [7, 11) is 0. The number of hydrogen-bond acceptors (Lipinski definition) is 4. The van der Waals surface area contributed by atoms with Gasteiger partial charge in [-0.05, 0) is 24.3 Å². The summed E-state index contributed by atoms with van der Waals surface area (Å²) in [5.41, 5.74) is 1.90. The molecule has 22 heavy (non-hydrogen) atoms. The molecular formula is C16H8Br2N4. The monoisotopic (exact) mass is 414 g/mol. The van der Waals surface area contributed by atoms with Gasteiger partial charge in [-0.15, -0.1) is 0 Å². The van der Waals surface area contributed by atoms with Crippen LogP contribution in [0.2, 0.25) is 0 Å². The second kappa shape index (κ2) is 5.37. The largest absolute Gasteiger partial charge is 0.205 e. The Morgan fingerprint density at radius 1 is 0.455 bits per heavy atom. The first-order valence-electron chi connectivity index (χ1n) is 6.56. The van der Waals surface area contributed by atoms with Gasteiger partial charge < -0.3 is 0 Å². The predicted octanol–water partition coefficient (Wildman–Crippen LogP) is 4.23. The van der Waals surface area contributed by atoms with Crippen molar-refractivity contribution in [1.29, 1.82) is 0 Å². The molecule has 4 nitrogen and oxygen atoms in total. The molecule has 0 unspecified atom stereocenters. The molecule has 0 amide bonds. The molecule has 0 saturated heterocycles. The lowest BCUT2D eigenvalue weighted by molar-refractivity contribution is 1.50. The molecule has 2 aliphatic rings. The second-order valence-electron chi connectivity index (χ2n) is 4.76. The van der Waals surface area contributed by atoms with Crippen LogP contribution in [-0.2, 0) is 0 Å². The van der Waals surface area contributed by atoms with Gasteiger partial charge in [0.15, 0.2) is 11.7 Å². The average Bonchev–Trinajstić information content (AvgIpc) is 3.07. The van der Waals surface area contributed by atoms with Crippen molar-refractivity contribution in [2.45, 2.75) is 0 Å². The van der Waals surface area contributed by atoms with Crippen LogP contribution in [0, 0.1) is 0 Å². The summed E-state index contributed by atoms with van der Waals surface area (Å²) in [6, 6.07) is 15.7. The maximum atomic E-state index is 4.47. The van der Waals surface area contributed by atoms with Crippen LogP contribution >= 0.6 is 31.9 Å². The van der Waals surface area contributed by atoms with E-state index < -0.39 is 0 Å². The van der Waals surface area contributed by atoms with E-state index in [1.807, 2.05) is 48.5 Å². The highest BCUT2D eigenvalue weighted by Gasteiger charge is 2.25. The number of fused-ring (bicyclic) bond motifs is 1. The van der Waals surface area contributed by atoms with Crippen LogP contribution in [-0.4, -0.2) is 23.3 Å². The van der Waals surface area contributed by atoms with Crippen molar-refractivity contribution < 1.29 is 0 Å². The standard InChI is InChI=1S/C16H8Br2N4/c17-11-5-1-9(2-6-11)13-19-15-16(20-13)22-14(21-15)10-3-7-12(18)8-4-10/h1-8H. The van der Waals surface area contributed by atoms with Crippen LogP contribution in [0.1, 0.15) is 11.1 Å². The lowest BCUT2D eigenvalue weighted by Crippen LogP contribution is -1.97. The lowest BCUT2D eigenvalue weighted by atomic mass is 10.2. The molecule has 4 rings (SSSR count). The van der Waals surface area contributed by atoms with Crippen molar-refractivity contribution in [3.8, 4) is 0 Å². The Morgan fingerprint density at radius 2 is 0.773 bits per heavy atom. The minimum absolute atomic E-state index is 0.579. The van der Waals surface area contributed by atoms with E-state index in [1.54, 1.807) is 0 Å². The fraction of sp³-hybridized carbons (Fsp3) is 0. The molecule has 2 aromatic carbocycles. The third-order valence-corrected chi connectivity index (χ3v) is 4.31. The predicted molar refractivity (Wildman–Crippen MR) is 96.2 cm³/mol. The number of nitrogens with zero attached hydrogens (tertiary/aromatic N) is 4. The molecule has 0 saturated carbocycles. The number of benzene rings is 2. The molecule has 2 aliphatic heterocycles. The van der Waals surface area contributed by atoms with E-state index in [-0.39, 0.29) is 0 Å². The number of amidine groups is 4. The van der Waals surface area contributed by atoms with Crippen molar-refractivity contribution >= 4 is 55.2 Å². The van der Waals surface area contributed by atoms with Gasteiger partial charge in [-0.2, -0.15) is 0 Å². The van der Waals surface area contributed by atoms with E-state index in [0.29, 0.717) is 23.3 Å². The van der Waals surface area contributed by atoms with Gasteiger partial charge in [0.05, 0.1) is 0 Å². The summed E-state index contributed by atoms with van der Waals surface area (Å²) >= 11 is 6.83. The Hall–Kier alpha value is -1.92. The molecule has 0 N–H and O–H groups in total. The van der Waals surface area contributed by atoms with Crippen molar-refractivity contribution in [2.75, 3.05) is 0 Å². The lowest BCUT2D eigenvalue weighted by Gasteiger charge is -1.98. The van der Waals surface area contributed by atoms with Gasteiger partial charge in [0.2, 0.25) is 11.7 Å². The SMILES string of the molecule is Brc1ccc(C2=NC3=NC(c4ccc(Br)cc4)=NC3=N2)cc1. The van der Waals surface area contributed by atoms with Gasteiger partial charge in [-0.1, -0.05) is 56.1 Å². The van der Waals surface area contributed by atoms with Crippen LogP contribution in [0.3, 0.4) is 0 Å². The van der Waals surface area contributed by atoms with Gasteiger partial charge in [-0.25, -0.2) is 20.0 Å². The summed E-state index contributed by atoms with van der Waals surface area (Å²) in [5.74, 6) is 2.46. The van der Waals surface area contributed by atoms with Crippen molar-refractivity contribution in [3.63, 3.8) is 0 Å². The highest BCUT2D eigenvalue weighted by atomic mass is 79.9. The molecule has 2 aromatic rings. The highest BCUT2D eigenvalue weighted by molar-refractivity contribution is 9.10. The van der Waals surface area contributed by atoms with E-state index in [2.05, 4.69) is 51.8 Å². The van der Waals surface area contributed by atoms with Crippen LogP contribution in [0.4, 0.5) is 0 Å². The molecule has 6 heteroatoms. The van der Waals surface area contributed by atoms with Crippen LogP contribution in [0.25, 0.3) is 0 Å². The van der Waals surface area contributed by atoms with Crippen LogP contribution < -0.4 is 0 Å². The van der Waals surface area contributed by atoms with Gasteiger partial charge in [0.25, 0.3) is 0 Å². The maximum Gasteiger partial charge on any atom is 0.202 e. The fourth-order valence-corrected chi connectivity index (χ4v) is 2.69. The Kier molecular flexibility index (Phi) is 3.35. The summed E-state index contributed by atoms with van der Waals surface area (Å²) in [4.78, 5) is 17.9. The quantitative estimate of drug-likeness (QED) is 0.704. The summed E-state index contributed by atoms with van der Waals surface area (Å²) in [6.07, 6.45) is 0. The Bertz CT molecular complexity index is 800. The normalized spacial score (nSPS) is 15.9. The van der Waals surface area contributed by atoms with E-state index in [4.69, 9.17) is 0 Å². The molecule has 0 atom stereocenters. The third kappa shape index (κ3) is 2.48. The minimum Gasteiger partial charge on any atom is -0.205 e. The fourth-order valence-electron chi connectivity index (χ4n) is 2.16. The molecule has 106 valence electrons. The van der Waals surface area contributed by atoms with Gasteiger partial charge in [-0.3, -0.25) is 0 Å². The van der Waals surface area contributed by atoms with Gasteiger partial charge >= 0.3 is 0 Å². The molecule has 0 aromatic heterocycles. The van der Waals surface area contributed by atoms with Crippen molar-refractivity contribution in [3.05, 3.63) is 68.6 Å². The summed E-state index contributed by atoms with van der Waals surface area (Å²) < 4.78 is 2.05. The first-order chi connectivity index (χ1) is 10.7. The van der Waals surface area contributed by atoms with Crippen molar-refractivity contribution in [1.82, 2.24) is 0 Å². The third-order valence-electron chi connectivity index (χ3n) is 3.25. The van der Waals surface area contributed by atoms with Crippen LogP contribution in [0.15, 0.2) is 77.4 Å². The zero-order valence-electron chi connectivity index (χ0n) is 11.2. The van der Waals surface area contributed by atoms with Crippen LogP contribution in [0.5, 0.6) is 0 Å². The topological polar surface area (TPSA) is 49.4 Å². The molecule has 0 fully saturated rings. The Labute approximate surface area is 143 Å². The molecule has 0 radical (unpaired) electrons.